The van der Waals surface area contributed by atoms with Crippen LogP contribution in [0.4, 0.5) is 0 Å². The Morgan fingerprint density at radius 1 is 1.39 bits per heavy atom. The van der Waals surface area contributed by atoms with E-state index in [9.17, 15) is 0 Å². The zero-order chi connectivity index (χ0) is 13.6. The maximum absolute atomic E-state index is 5.38. The molecule has 0 spiro atoms. The molecule has 0 bridgehead atoms. The Labute approximate surface area is 112 Å². The Hall–Kier alpha value is -0.770. The second kappa shape index (κ2) is 6.98. The number of rotatable bonds is 7. The predicted octanol–water partition coefficient (Wildman–Crippen LogP) is 2.16. The number of hydrogen-bond donors (Lipinski definition) is 2. The van der Waals surface area contributed by atoms with Gasteiger partial charge in [0.15, 0.2) is 5.96 Å². The summed E-state index contributed by atoms with van der Waals surface area (Å²) < 4.78 is 5.38. The van der Waals surface area contributed by atoms with Crippen molar-refractivity contribution in [1.82, 2.24) is 10.6 Å². The van der Waals surface area contributed by atoms with Gasteiger partial charge < -0.3 is 15.4 Å². The lowest BCUT2D eigenvalue weighted by atomic mass is 10.1. The van der Waals surface area contributed by atoms with Gasteiger partial charge in [0.1, 0.15) is 0 Å². The van der Waals surface area contributed by atoms with Crippen molar-refractivity contribution in [2.45, 2.75) is 58.6 Å². The average Bonchev–Trinajstić information content (AvgIpc) is 3.05. The second-order valence-corrected chi connectivity index (χ2v) is 5.69. The van der Waals surface area contributed by atoms with Gasteiger partial charge in [0, 0.05) is 19.7 Å². The maximum atomic E-state index is 5.38. The van der Waals surface area contributed by atoms with E-state index >= 15 is 0 Å². The molecule has 0 amide bonds. The van der Waals surface area contributed by atoms with Crippen molar-refractivity contribution in [2.75, 3.05) is 20.2 Å². The predicted molar refractivity (Wildman–Crippen MR) is 77.0 cm³/mol. The van der Waals surface area contributed by atoms with Crippen molar-refractivity contribution >= 4 is 5.96 Å². The second-order valence-electron chi connectivity index (χ2n) is 5.69. The Morgan fingerprint density at radius 3 is 2.67 bits per heavy atom. The summed E-state index contributed by atoms with van der Waals surface area (Å²) in [6.07, 6.45) is 3.87. The minimum absolute atomic E-state index is 0.200. The van der Waals surface area contributed by atoms with Gasteiger partial charge in [-0.3, -0.25) is 4.99 Å². The molecular formula is C14H29N3O. The number of methoxy groups -OCH3 is 1. The highest BCUT2D eigenvalue weighted by molar-refractivity contribution is 5.80. The van der Waals surface area contributed by atoms with Gasteiger partial charge in [-0.05, 0) is 39.5 Å². The fraction of sp³-hybridized carbons (Fsp3) is 0.929. The molecule has 0 aromatic rings. The standard InChI is InChI=1S/C14H29N3O/c1-6-8-11-9-12(11)17-13(15-7-2)16-10-14(3,4)18-5/h11-12H,6-10H2,1-5H3,(H2,15,16,17). The van der Waals surface area contributed by atoms with Crippen LogP contribution < -0.4 is 10.6 Å². The number of hydrogen-bond acceptors (Lipinski definition) is 2. The molecule has 0 heterocycles. The highest BCUT2D eigenvalue weighted by atomic mass is 16.5. The molecule has 1 fully saturated rings. The number of nitrogens with one attached hydrogen (secondary N) is 2. The van der Waals surface area contributed by atoms with Gasteiger partial charge >= 0.3 is 0 Å². The molecule has 1 aliphatic carbocycles. The van der Waals surface area contributed by atoms with Crippen molar-refractivity contribution in [3.8, 4) is 0 Å². The van der Waals surface area contributed by atoms with Crippen LogP contribution in [0.5, 0.6) is 0 Å². The van der Waals surface area contributed by atoms with E-state index in [1.165, 1.54) is 19.3 Å². The van der Waals surface area contributed by atoms with Crippen LogP contribution >= 0.6 is 0 Å². The summed E-state index contributed by atoms with van der Waals surface area (Å²) in [5, 5.41) is 6.80. The van der Waals surface area contributed by atoms with Gasteiger partial charge in [0.25, 0.3) is 0 Å². The zero-order valence-corrected chi connectivity index (χ0v) is 12.5. The summed E-state index contributed by atoms with van der Waals surface area (Å²) in [7, 11) is 1.73. The molecule has 1 aliphatic rings. The van der Waals surface area contributed by atoms with E-state index in [2.05, 4.69) is 43.3 Å². The fourth-order valence-corrected chi connectivity index (χ4v) is 1.94. The van der Waals surface area contributed by atoms with E-state index in [-0.39, 0.29) is 5.60 Å². The van der Waals surface area contributed by atoms with Crippen molar-refractivity contribution in [3.05, 3.63) is 0 Å². The van der Waals surface area contributed by atoms with E-state index in [1.54, 1.807) is 7.11 Å². The van der Waals surface area contributed by atoms with E-state index in [4.69, 9.17) is 4.74 Å². The first-order valence-electron chi connectivity index (χ1n) is 7.12. The van der Waals surface area contributed by atoms with Crippen LogP contribution in [-0.2, 0) is 4.74 Å². The van der Waals surface area contributed by atoms with Gasteiger partial charge in [0.2, 0.25) is 0 Å². The molecule has 0 aliphatic heterocycles. The lowest BCUT2D eigenvalue weighted by molar-refractivity contribution is 0.0310. The van der Waals surface area contributed by atoms with Gasteiger partial charge in [-0.1, -0.05) is 13.3 Å². The van der Waals surface area contributed by atoms with Crippen molar-refractivity contribution in [3.63, 3.8) is 0 Å². The summed E-state index contributed by atoms with van der Waals surface area (Å²) in [4.78, 5) is 4.60. The first-order valence-corrected chi connectivity index (χ1v) is 7.12. The third-order valence-electron chi connectivity index (χ3n) is 3.42. The monoisotopic (exact) mass is 255 g/mol. The highest BCUT2D eigenvalue weighted by Gasteiger charge is 2.36. The number of aliphatic imine (C=N–C) groups is 1. The van der Waals surface area contributed by atoms with Crippen LogP contribution in [0.3, 0.4) is 0 Å². The molecule has 0 aromatic heterocycles. The van der Waals surface area contributed by atoms with E-state index in [0.29, 0.717) is 12.6 Å². The first-order chi connectivity index (χ1) is 8.52. The third-order valence-corrected chi connectivity index (χ3v) is 3.42. The van der Waals surface area contributed by atoms with Crippen LogP contribution in [0.25, 0.3) is 0 Å². The number of ether oxygens (including phenoxy) is 1. The van der Waals surface area contributed by atoms with E-state index in [1.807, 2.05) is 0 Å². The molecule has 106 valence electrons. The van der Waals surface area contributed by atoms with E-state index in [0.717, 1.165) is 18.4 Å². The Kier molecular flexibility index (Phi) is 5.93. The summed E-state index contributed by atoms with van der Waals surface area (Å²) in [5.74, 6) is 1.76. The number of nitrogens with zero attached hydrogens (tertiary/aromatic N) is 1. The third kappa shape index (κ3) is 5.25. The molecule has 2 atom stereocenters. The van der Waals surface area contributed by atoms with Crippen LogP contribution in [0, 0.1) is 5.92 Å². The fourth-order valence-electron chi connectivity index (χ4n) is 1.94. The molecule has 18 heavy (non-hydrogen) atoms. The minimum Gasteiger partial charge on any atom is -0.377 e. The molecule has 1 rings (SSSR count). The van der Waals surface area contributed by atoms with Crippen molar-refractivity contribution in [2.24, 2.45) is 10.9 Å². The van der Waals surface area contributed by atoms with Crippen molar-refractivity contribution in [1.29, 1.82) is 0 Å². The Balaban J connectivity index is 2.42. The lowest BCUT2D eigenvalue weighted by Crippen LogP contribution is -2.40. The van der Waals surface area contributed by atoms with Crippen LogP contribution in [0.1, 0.15) is 47.0 Å². The molecule has 4 nitrogen and oxygen atoms in total. The summed E-state index contributed by atoms with van der Waals surface area (Å²) in [6.45, 7) is 10.0. The molecule has 0 aromatic carbocycles. The van der Waals surface area contributed by atoms with E-state index < -0.39 is 0 Å². The average molecular weight is 255 g/mol. The molecule has 0 radical (unpaired) electrons. The summed E-state index contributed by atoms with van der Waals surface area (Å²) in [6, 6.07) is 0.619. The lowest BCUT2D eigenvalue weighted by Gasteiger charge is -2.21. The summed E-state index contributed by atoms with van der Waals surface area (Å²) in [5.41, 5.74) is -0.200. The topological polar surface area (TPSA) is 45.7 Å². The van der Waals surface area contributed by atoms with Gasteiger partial charge in [-0.15, -0.1) is 0 Å². The van der Waals surface area contributed by atoms with Crippen LogP contribution in [0.2, 0.25) is 0 Å². The molecule has 1 saturated carbocycles. The zero-order valence-electron chi connectivity index (χ0n) is 12.5. The van der Waals surface area contributed by atoms with Crippen molar-refractivity contribution < 1.29 is 4.74 Å². The highest BCUT2D eigenvalue weighted by Crippen LogP contribution is 2.34. The maximum Gasteiger partial charge on any atom is 0.191 e. The smallest absolute Gasteiger partial charge is 0.191 e. The van der Waals surface area contributed by atoms with Crippen LogP contribution in [-0.4, -0.2) is 37.8 Å². The SMILES string of the molecule is CCCC1CC1NC(=NCC(C)(C)OC)NCC. The number of guanidine groups is 1. The van der Waals surface area contributed by atoms with Gasteiger partial charge in [-0.25, -0.2) is 0 Å². The Bertz CT molecular complexity index is 276. The summed E-state index contributed by atoms with van der Waals surface area (Å²) >= 11 is 0. The first kappa shape index (κ1) is 15.3. The molecule has 4 heteroatoms. The molecular weight excluding hydrogens is 226 g/mol. The van der Waals surface area contributed by atoms with Crippen LogP contribution in [0.15, 0.2) is 4.99 Å². The normalized spacial score (nSPS) is 23.9. The molecule has 2 N–H and O–H groups in total. The van der Waals surface area contributed by atoms with Gasteiger partial charge in [-0.2, -0.15) is 0 Å². The Morgan fingerprint density at radius 2 is 2.11 bits per heavy atom. The minimum atomic E-state index is -0.200. The largest absolute Gasteiger partial charge is 0.377 e. The molecule has 0 saturated heterocycles. The molecule has 2 unspecified atom stereocenters. The quantitative estimate of drug-likeness (QED) is 0.541. The van der Waals surface area contributed by atoms with Gasteiger partial charge in [0.05, 0.1) is 12.1 Å².